The van der Waals surface area contributed by atoms with Crippen LogP contribution in [0.5, 0.6) is 17.2 Å². The van der Waals surface area contributed by atoms with E-state index in [4.69, 9.17) is 4.74 Å². The molecule has 0 aromatic heterocycles. The first-order valence-electron chi connectivity index (χ1n) is 8.63. The zero-order chi connectivity index (χ0) is 16.7. The molecule has 0 amide bonds. The van der Waals surface area contributed by atoms with Gasteiger partial charge in [-0.1, -0.05) is 23.8 Å². The number of hydrogen-bond donors (Lipinski definition) is 1. The largest absolute Gasteiger partial charge is 0.508 e. The molecule has 1 saturated heterocycles. The zero-order valence-electron chi connectivity index (χ0n) is 15.1. The number of hydrogen-bond acceptors (Lipinski definition) is 4. The molecule has 1 atom stereocenters. The third kappa shape index (κ3) is 4.25. The minimum atomic E-state index is 0. The lowest BCUT2D eigenvalue weighted by Crippen LogP contribution is -2.46. The van der Waals surface area contributed by atoms with E-state index < -0.39 is 0 Å². The molecule has 1 unspecified atom stereocenters. The summed E-state index contributed by atoms with van der Waals surface area (Å²) in [6.07, 6.45) is 0.912. The van der Waals surface area contributed by atoms with E-state index in [1.165, 1.54) is 11.1 Å². The van der Waals surface area contributed by atoms with Gasteiger partial charge in [0.1, 0.15) is 17.2 Å². The smallest absolute Gasteiger partial charge is 0.134 e. The van der Waals surface area contributed by atoms with Gasteiger partial charge in [0.15, 0.2) is 0 Å². The highest BCUT2D eigenvalue weighted by Crippen LogP contribution is 2.42. The molecule has 0 radical (unpaired) electrons. The lowest BCUT2D eigenvalue weighted by molar-refractivity contribution is 0.111. The third-order valence-corrected chi connectivity index (χ3v) is 5.19. The average Bonchev–Trinajstić information content (AvgIpc) is 2.72. The second-order valence-corrected chi connectivity index (χ2v) is 6.99. The van der Waals surface area contributed by atoms with Crippen molar-refractivity contribution in [3.8, 4) is 17.2 Å². The van der Waals surface area contributed by atoms with Gasteiger partial charge in [0.25, 0.3) is 0 Å². The van der Waals surface area contributed by atoms with Crippen molar-refractivity contribution in [1.82, 2.24) is 9.80 Å². The van der Waals surface area contributed by atoms with Crippen LogP contribution in [0.2, 0.25) is 0 Å². The van der Waals surface area contributed by atoms with Crippen LogP contribution in [-0.2, 0) is 6.42 Å². The van der Waals surface area contributed by atoms with Gasteiger partial charge in [0, 0.05) is 43.9 Å². The second kappa shape index (κ2) is 8.74. The monoisotopic (exact) mass is 484 g/mol. The Hall–Kier alpha value is -1.08. The van der Waals surface area contributed by atoms with Gasteiger partial charge in [-0.3, -0.25) is 4.90 Å². The molecule has 0 saturated carbocycles. The van der Waals surface area contributed by atoms with Crippen LogP contribution in [0.25, 0.3) is 0 Å². The van der Waals surface area contributed by atoms with Crippen molar-refractivity contribution in [3.63, 3.8) is 0 Å². The fraction of sp³-hybridized carbons (Fsp3) is 0.400. The van der Waals surface area contributed by atoms with Gasteiger partial charge >= 0.3 is 0 Å². The van der Waals surface area contributed by atoms with Crippen molar-refractivity contribution in [2.45, 2.75) is 19.4 Å². The molecule has 0 bridgehead atoms. The minimum absolute atomic E-state index is 0. The minimum Gasteiger partial charge on any atom is -0.508 e. The molecule has 2 heterocycles. The van der Waals surface area contributed by atoms with E-state index in [1.807, 2.05) is 6.07 Å². The molecular formula is C20H26Br2N2O2. The van der Waals surface area contributed by atoms with Crippen LogP contribution in [0, 0.1) is 6.92 Å². The van der Waals surface area contributed by atoms with Gasteiger partial charge < -0.3 is 14.7 Å². The number of fused-ring (bicyclic) bond motifs is 2. The Balaban J connectivity index is 0.00000121. The first kappa shape index (κ1) is 21.2. The first-order valence-corrected chi connectivity index (χ1v) is 8.63. The summed E-state index contributed by atoms with van der Waals surface area (Å²) in [6, 6.07) is 12.2. The molecule has 1 fully saturated rings. The van der Waals surface area contributed by atoms with Crippen molar-refractivity contribution in [2.24, 2.45) is 0 Å². The number of likely N-dealkylation sites (N-methyl/N-ethyl adjacent to an activating group) is 1. The maximum absolute atomic E-state index is 9.82. The predicted octanol–water partition coefficient (Wildman–Crippen LogP) is 4.49. The van der Waals surface area contributed by atoms with E-state index >= 15 is 0 Å². The van der Waals surface area contributed by atoms with Crippen LogP contribution in [0.3, 0.4) is 0 Å². The van der Waals surface area contributed by atoms with E-state index in [1.54, 1.807) is 12.1 Å². The van der Waals surface area contributed by atoms with Gasteiger partial charge in [-0.05, 0) is 38.1 Å². The van der Waals surface area contributed by atoms with E-state index in [0.717, 1.165) is 49.7 Å². The second-order valence-electron chi connectivity index (χ2n) is 6.99. The summed E-state index contributed by atoms with van der Waals surface area (Å²) < 4.78 is 6.18. The molecule has 2 aliphatic heterocycles. The molecule has 2 aromatic carbocycles. The van der Waals surface area contributed by atoms with Crippen LogP contribution in [0.4, 0.5) is 0 Å². The summed E-state index contributed by atoms with van der Waals surface area (Å²) in [7, 11) is 2.18. The Bertz CT molecular complexity index is 761. The van der Waals surface area contributed by atoms with Gasteiger partial charge in [0.05, 0.1) is 0 Å². The maximum atomic E-state index is 9.82. The molecule has 0 spiro atoms. The zero-order valence-corrected chi connectivity index (χ0v) is 18.6. The van der Waals surface area contributed by atoms with Crippen molar-refractivity contribution in [3.05, 3.63) is 53.1 Å². The molecule has 2 aliphatic rings. The first-order chi connectivity index (χ1) is 11.6. The third-order valence-electron chi connectivity index (χ3n) is 5.19. The molecule has 6 heteroatoms. The lowest BCUT2D eigenvalue weighted by atomic mass is 9.95. The summed E-state index contributed by atoms with van der Waals surface area (Å²) >= 11 is 0. The number of phenols is 1. The van der Waals surface area contributed by atoms with Crippen LogP contribution in [0.15, 0.2) is 36.4 Å². The molecule has 4 rings (SSSR count). The Morgan fingerprint density at radius 3 is 2.42 bits per heavy atom. The number of aryl methyl sites for hydroxylation is 1. The van der Waals surface area contributed by atoms with E-state index in [0.29, 0.717) is 6.04 Å². The highest BCUT2D eigenvalue weighted by atomic mass is 79.9. The fourth-order valence-electron chi connectivity index (χ4n) is 3.72. The average molecular weight is 486 g/mol. The Morgan fingerprint density at radius 1 is 0.962 bits per heavy atom. The van der Waals surface area contributed by atoms with Crippen molar-refractivity contribution in [1.29, 1.82) is 0 Å². The normalized spacial score (nSPS) is 19.8. The molecule has 142 valence electrons. The van der Waals surface area contributed by atoms with Crippen molar-refractivity contribution >= 4 is 34.0 Å². The number of piperazine rings is 1. The van der Waals surface area contributed by atoms with Crippen molar-refractivity contribution in [2.75, 3.05) is 33.2 Å². The van der Waals surface area contributed by atoms with Gasteiger partial charge in [-0.15, -0.1) is 34.0 Å². The molecule has 2 aromatic rings. The van der Waals surface area contributed by atoms with E-state index in [9.17, 15) is 5.11 Å². The summed E-state index contributed by atoms with van der Waals surface area (Å²) in [6.45, 7) is 6.47. The topological polar surface area (TPSA) is 35.9 Å². The number of rotatable bonds is 1. The van der Waals surface area contributed by atoms with Crippen LogP contribution < -0.4 is 4.74 Å². The van der Waals surface area contributed by atoms with E-state index in [-0.39, 0.29) is 39.7 Å². The summed E-state index contributed by atoms with van der Waals surface area (Å²) in [5, 5.41) is 9.82. The standard InChI is InChI=1S/C20H24N2O2.2BrH/c1-14-3-6-19-17(11-14)18(22-9-7-21(2)8-10-22)12-15-4-5-16(23)13-20(15)24-19;;/h3-6,11,13,18,23H,7-10,12H2,1-2H3;2*1H. The highest BCUT2D eigenvalue weighted by Gasteiger charge is 2.30. The number of nitrogens with zero attached hydrogens (tertiary/aromatic N) is 2. The van der Waals surface area contributed by atoms with Gasteiger partial charge in [-0.2, -0.15) is 0 Å². The Morgan fingerprint density at radius 2 is 1.69 bits per heavy atom. The molecule has 1 N–H and O–H groups in total. The predicted molar refractivity (Wildman–Crippen MR) is 116 cm³/mol. The SMILES string of the molecule is Br.Br.Cc1ccc2c(c1)C(N1CCN(C)CC1)Cc1ccc(O)cc1O2. The van der Waals surface area contributed by atoms with Crippen LogP contribution in [-0.4, -0.2) is 48.1 Å². The van der Waals surface area contributed by atoms with Gasteiger partial charge in [-0.25, -0.2) is 0 Å². The summed E-state index contributed by atoms with van der Waals surface area (Å²) in [5.41, 5.74) is 3.67. The number of benzene rings is 2. The molecule has 4 nitrogen and oxygen atoms in total. The molecule has 0 aliphatic carbocycles. The number of ether oxygens (including phenoxy) is 1. The Labute approximate surface area is 176 Å². The highest BCUT2D eigenvalue weighted by molar-refractivity contribution is 8.93. The number of halogens is 2. The van der Waals surface area contributed by atoms with Crippen LogP contribution >= 0.6 is 34.0 Å². The summed E-state index contributed by atoms with van der Waals surface area (Å²) in [4.78, 5) is 4.95. The summed E-state index contributed by atoms with van der Waals surface area (Å²) in [5.74, 6) is 1.94. The van der Waals surface area contributed by atoms with Gasteiger partial charge in [0.2, 0.25) is 0 Å². The molecule has 26 heavy (non-hydrogen) atoms. The maximum Gasteiger partial charge on any atom is 0.134 e. The Kier molecular flexibility index (Phi) is 7.13. The number of aromatic hydroxyl groups is 1. The fourth-order valence-corrected chi connectivity index (χ4v) is 3.72. The lowest BCUT2D eigenvalue weighted by Gasteiger charge is -2.38. The molecular weight excluding hydrogens is 460 g/mol. The quantitative estimate of drug-likeness (QED) is 0.645. The number of phenolic OH excluding ortho intramolecular Hbond substituents is 1. The van der Waals surface area contributed by atoms with E-state index in [2.05, 4.69) is 42.0 Å². The van der Waals surface area contributed by atoms with Crippen molar-refractivity contribution < 1.29 is 9.84 Å². The van der Waals surface area contributed by atoms with Crippen LogP contribution in [0.1, 0.15) is 22.7 Å².